The van der Waals surface area contributed by atoms with E-state index in [-0.39, 0.29) is 6.54 Å². The summed E-state index contributed by atoms with van der Waals surface area (Å²) in [6, 6.07) is 2.30. The van der Waals surface area contributed by atoms with Crippen LogP contribution in [0.3, 0.4) is 0 Å². The number of nitrogens with one attached hydrogen (secondary N) is 1. The van der Waals surface area contributed by atoms with Gasteiger partial charge in [0.2, 0.25) is 0 Å². The Balaban J connectivity index is 2.47. The van der Waals surface area contributed by atoms with E-state index in [0.717, 1.165) is 25.1 Å². The van der Waals surface area contributed by atoms with E-state index in [1.165, 1.54) is 6.07 Å². The summed E-state index contributed by atoms with van der Waals surface area (Å²) >= 11 is 0. The molecule has 1 aromatic rings. The molecule has 1 aromatic heterocycles. The molecule has 0 aliphatic heterocycles. The third-order valence-corrected chi connectivity index (χ3v) is 2.28. The van der Waals surface area contributed by atoms with Crippen LogP contribution in [-0.4, -0.2) is 17.7 Å². The molecule has 4 nitrogen and oxygen atoms in total. The number of amides is 1. The number of hydrogen-bond acceptors (Lipinski definition) is 3. The molecule has 0 aliphatic rings. The highest BCUT2D eigenvalue weighted by Gasteiger charge is 2.32. The van der Waals surface area contributed by atoms with E-state index >= 15 is 0 Å². The number of alkyl carbamates (subject to hydrolysis) is 1. The van der Waals surface area contributed by atoms with Gasteiger partial charge in [-0.25, -0.2) is 4.79 Å². The van der Waals surface area contributed by atoms with E-state index in [9.17, 15) is 18.0 Å². The molecule has 0 bridgehead atoms. The van der Waals surface area contributed by atoms with Crippen LogP contribution in [0.5, 0.6) is 0 Å². The van der Waals surface area contributed by atoms with Gasteiger partial charge in [-0.1, -0.05) is 13.3 Å². The van der Waals surface area contributed by atoms with Crippen LogP contribution in [0.25, 0.3) is 0 Å². The molecule has 0 saturated heterocycles. The molecule has 0 atom stereocenters. The van der Waals surface area contributed by atoms with Gasteiger partial charge in [0.05, 0.1) is 6.61 Å². The Morgan fingerprint density at radius 1 is 1.47 bits per heavy atom. The van der Waals surface area contributed by atoms with Crippen molar-refractivity contribution in [1.29, 1.82) is 0 Å². The maximum atomic E-state index is 12.4. The number of unbranched alkanes of at least 4 members (excludes halogenated alkanes) is 1. The van der Waals surface area contributed by atoms with E-state index in [0.29, 0.717) is 12.2 Å². The number of rotatable bonds is 5. The number of halogens is 3. The molecule has 0 radical (unpaired) electrons. The van der Waals surface area contributed by atoms with Gasteiger partial charge >= 0.3 is 12.3 Å². The van der Waals surface area contributed by atoms with Crippen molar-refractivity contribution in [3.05, 3.63) is 29.6 Å². The van der Waals surface area contributed by atoms with Gasteiger partial charge < -0.3 is 10.1 Å². The zero-order chi connectivity index (χ0) is 14.3. The third-order valence-electron chi connectivity index (χ3n) is 2.28. The first kappa shape index (κ1) is 15.3. The zero-order valence-electron chi connectivity index (χ0n) is 10.5. The zero-order valence-corrected chi connectivity index (χ0v) is 10.5. The van der Waals surface area contributed by atoms with Crippen molar-refractivity contribution in [3.63, 3.8) is 0 Å². The van der Waals surface area contributed by atoms with Crippen LogP contribution in [0.2, 0.25) is 0 Å². The monoisotopic (exact) mass is 276 g/mol. The first-order valence-electron chi connectivity index (χ1n) is 5.86. The molecule has 0 aliphatic carbocycles. The van der Waals surface area contributed by atoms with Crippen LogP contribution < -0.4 is 5.32 Å². The SMILES string of the molecule is CCCCOC(=O)NCc1ccnc(C(F)(F)F)c1. The van der Waals surface area contributed by atoms with Crippen molar-refractivity contribution < 1.29 is 22.7 Å². The number of nitrogens with zero attached hydrogens (tertiary/aromatic N) is 1. The van der Waals surface area contributed by atoms with Gasteiger partial charge in [-0.05, 0) is 24.1 Å². The summed E-state index contributed by atoms with van der Waals surface area (Å²) in [7, 11) is 0. The third kappa shape index (κ3) is 5.58. The summed E-state index contributed by atoms with van der Waals surface area (Å²) in [6.07, 6.45) is -2.42. The Kier molecular flexibility index (Phi) is 5.59. The van der Waals surface area contributed by atoms with E-state index < -0.39 is 18.0 Å². The van der Waals surface area contributed by atoms with Crippen molar-refractivity contribution in [2.75, 3.05) is 6.61 Å². The molecule has 1 rings (SSSR count). The van der Waals surface area contributed by atoms with Gasteiger partial charge in [0.1, 0.15) is 5.69 Å². The van der Waals surface area contributed by atoms with Crippen LogP contribution in [0, 0.1) is 0 Å². The van der Waals surface area contributed by atoms with Crippen molar-refractivity contribution in [2.24, 2.45) is 0 Å². The number of carbonyl (C=O) groups excluding carboxylic acids is 1. The van der Waals surface area contributed by atoms with Crippen molar-refractivity contribution in [1.82, 2.24) is 10.3 Å². The molecule has 0 aromatic carbocycles. The maximum Gasteiger partial charge on any atom is 0.433 e. The first-order chi connectivity index (χ1) is 8.93. The summed E-state index contributed by atoms with van der Waals surface area (Å²) in [6.45, 7) is 2.22. The lowest BCUT2D eigenvalue weighted by Gasteiger charge is -2.09. The molecule has 0 unspecified atom stereocenters. The summed E-state index contributed by atoms with van der Waals surface area (Å²) in [5.74, 6) is 0. The standard InChI is InChI=1S/C12H15F3N2O2/c1-2-3-6-19-11(18)17-8-9-4-5-16-10(7-9)12(13,14)15/h4-5,7H,2-3,6,8H2,1H3,(H,17,18). The van der Waals surface area contributed by atoms with Gasteiger partial charge in [-0.15, -0.1) is 0 Å². The number of pyridine rings is 1. The topological polar surface area (TPSA) is 51.2 Å². The van der Waals surface area contributed by atoms with Gasteiger partial charge in [-0.3, -0.25) is 4.98 Å². The normalized spacial score (nSPS) is 11.2. The minimum atomic E-state index is -4.49. The number of aromatic nitrogens is 1. The Hall–Kier alpha value is -1.79. The lowest BCUT2D eigenvalue weighted by molar-refractivity contribution is -0.141. The second kappa shape index (κ2) is 6.96. The Labute approximate surface area is 109 Å². The highest BCUT2D eigenvalue weighted by molar-refractivity contribution is 5.67. The minimum Gasteiger partial charge on any atom is -0.450 e. The van der Waals surface area contributed by atoms with Crippen molar-refractivity contribution in [2.45, 2.75) is 32.5 Å². The molecule has 7 heteroatoms. The minimum absolute atomic E-state index is 0.0312. The van der Waals surface area contributed by atoms with Crippen molar-refractivity contribution in [3.8, 4) is 0 Å². The van der Waals surface area contributed by atoms with Crippen LogP contribution in [-0.2, 0) is 17.5 Å². The summed E-state index contributed by atoms with van der Waals surface area (Å²) in [5.41, 5.74) is -0.666. The van der Waals surface area contributed by atoms with Crippen LogP contribution >= 0.6 is 0 Å². The van der Waals surface area contributed by atoms with Gasteiger partial charge in [0.25, 0.3) is 0 Å². The molecule has 1 heterocycles. The lowest BCUT2D eigenvalue weighted by Crippen LogP contribution is -2.24. The summed E-state index contributed by atoms with van der Waals surface area (Å²) in [4.78, 5) is 14.4. The molecular weight excluding hydrogens is 261 g/mol. The fraction of sp³-hybridized carbons (Fsp3) is 0.500. The Morgan fingerprint density at radius 2 is 2.21 bits per heavy atom. The molecule has 0 saturated carbocycles. The smallest absolute Gasteiger partial charge is 0.433 e. The fourth-order valence-electron chi connectivity index (χ4n) is 1.27. The number of carbonyl (C=O) groups is 1. The van der Waals surface area contributed by atoms with E-state index in [1.807, 2.05) is 6.92 Å². The van der Waals surface area contributed by atoms with Gasteiger partial charge in [-0.2, -0.15) is 13.2 Å². The van der Waals surface area contributed by atoms with Gasteiger partial charge in [0.15, 0.2) is 0 Å². The maximum absolute atomic E-state index is 12.4. The van der Waals surface area contributed by atoms with Crippen LogP contribution in [0.15, 0.2) is 18.3 Å². The Morgan fingerprint density at radius 3 is 2.84 bits per heavy atom. The Bertz CT molecular complexity index is 422. The molecule has 19 heavy (non-hydrogen) atoms. The predicted octanol–water partition coefficient (Wildman–Crippen LogP) is 3.13. The molecule has 106 valence electrons. The predicted molar refractivity (Wildman–Crippen MR) is 62.3 cm³/mol. The average Bonchev–Trinajstić information content (AvgIpc) is 2.36. The summed E-state index contributed by atoms with van der Waals surface area (Å²) < 4.78 is 42.0. The van der Waals surface area contributed by atoms with Crippen molar-refractivity contribution >= 4 is 6.09 Å². The number of ether oxygens (including phenoxy) is 1. The number of hydrogen-bond donors (Lipinski definition) is 1. The quantitative estimate of drug-likeness (QED) is 0.841. The van der Waals surface area contributed by atoms with E-state index in [4.69, 9.17) is 4.74 Å². The van der Waals surface area contributed by atoms with E-state index in [1.54, 1.807) is 0 Å². The van der Waals surface area contributed by atoms with Gasteiger partial charge in [0, 0.05) is 12.7 Å². The highest BCUT2D eigenvalue weighted by atomic mass is 19.4. The number of alkyl halides is 3. The molecule has 0 spiro atoms. The lowest BCUT2D eigenvalue weighted by atomic mass is 10.2. The summed E-state index contributed by atoms with van der Waals surface area (Å²) in [5, 5.41) is 2.38. The van der Waals surface area contributed by atoms with Crippen LogP contribution in [0.4, 0.5) is 18.0 Å². The molecular formula is C12H15F3N2O2. The van der Waals surface area contributed by atoms with E-state index in [2.05, 4.69) is 10.3 Å². The second-order valence-electron chi connectivity index (χ2n) is 3.89. The second-order valence-corrected chi connectivity index (χ2v) is 3.89. The average molecular weight is 276 g/mol. The van der Waals surface area contributed by atoms with Crippen LogP contribution in [0.1, 0.15) is 31.0 Å². The first-order valence-corrected chi connectivity index (χ1v) is 5.86. The molecule has 0 fully saturated rings. The largest absolute Gasteiger partial charge is 0.450 e. The molecule has 1 N–H and O–H groups in total. The molecule has 1 amide bonds. The fourth-order valence-corrected chi connectivity index (χ4v) is 1.27. The highest BCUT2D eigenvalue weighted by Crippen LogP contribution is 2.27.